The summed E-state index contributed by atoms with van der Waals surface area (Å²) in [6.07, 6.45) is 1.49. The second-order valence-electron chi connectivity index (χ2n) is 8.78. The maximum absolute atomic E-state index is 12.7. The second-order valence-corrected chi connectivity index (χ2v) is 8.78. The van der Waals surface area contributed by atoms with Gasteiger partial charge in [0.25, 0.3) is 5.91 Å². The number of aromatic nitrogens is 2. The number of ether oxygens (including phenoxy) is 1. The van der Waals surface area contributed by atoms with Crippen molar-refractivity contribution in [3.8, 4) is 11.1 Å². The predicted octanol–water partition coefficient (Wildman–Crippen LogP) is 3.80. The van der Waals surface area contributed by atoms with Crippen LogP contribution in [0.5, 0.6) is 0 Å². The lowest BCUT2D eigenvalue weighted by Crippen LogP contribution is -2.40. The summed E-state index contributed by atoms with van der Waals surface area (Å²) in [6, 6.07) is 15.7. The summed E-state index contributed by atoms with van der Waals surface area (Å²) in [5.74, 6) is -2.24. The Kier molecular flexibility index (Phi) is 6.17. The van der Waals surface area contributed by atoms with Crippen molar-refractivity contribution in [2.75, 3.05) is 11.9 Å². The first-order valence-corrected chi connectivity index (χ1v) is 11.5. The zero-order chi connectivity index (χ0) is 24.4. The minimum atomic E-state index is -0.871. The highest BCUT2D eigenvalue weighted by Gasteiger charge is 2.31. The molecule has 10 heteroatoms. The van der Waals surface area contributed by atoms with Gasteiger partial charge in [-0.15, -0.1) is 0 Å². The predicted molar refractivity (Wildman–Crippen MR) is 124 cm³/mol. The van der Waals surface area contributed by atoms with E-state index in [0.29, 0.717) is 25.7 Å². The van der Waals surface area contributed by atoms with Crippen LogP contribution in [0, 0.1) is 5.92 Å². The first-order valence-electron chi connectivity index (χ1n) is 11.5. The monoisotopic (exact) mass is 476 g/mol. The maximum Gasteiger partial charge on any atom is 0.412 e. The Hall–Kier alpha value is -4.21. The molecule has 10 nitrogen and oxygen atoms in total. The molecule has 2 aromatic carbocycles. The quantitative estimate of drug-likeness (QED) is 0.487. The van der Waals surface area contributed by atoms with Crippen molar-refractivity contribution in [2.24, 2.45) is 5.92 Å². The number of carboxylic acids is 1. The lowest BCUT2D eigenvalue weighted by Gasteiger charge is -2.27. The summed E-state index contributed by atoms with van der Waals surface area (Å²) in [6.45, 7) is 0.103. The molecule has 0 aliphatic heterocycles. The van der Waals surface area contributed by atoms with E-state index in [0.717, 1.165) is 22.3 Å². The van der Waals surface area contributed by atoms with Crippen LogP contribution in [-0.4, -0.2) is 46.0 Å². The molecule has 0 saturated heterocycles. The maximum atomic E-state index is 12.7. The first-order chi connectivity index (χ1) is 17.0. The smallest absolute Gasteiger partial charge is 0.412 e. The molecule has 1 aromatic heterocycles. The lowest BCUT2D eigenvalue weighted by atomic mass is 9.86. The molecule has 2 aliphatic rings. The number of nitrogens with zero attached hydrogens (tertiary/aromatic N) is 2. The Bertz CT molecular complexity index is 1230. The third kappa shape index (κ3) is 4.59. The number of carbonyl (C=O) groups is 3. The molecule has 2 atom stereocenters. The highest BCUT2D eigenvalue weighted by Crippen LogP contribution is 2.44. The van der Waals surface area contributed by atoms with Crippen molar-refractivity contribution < 1.29 is 28.9 Å². The Morgan fingerprint density at radius 2 is 1.69 bits per heavy atom. The van der Waals surface area contributed by atoms with E-state index in [1.807, 2.05) is 48.5 Å². The molecule has 1 saturated carbocycles. The molecule has 3 aromatic rings. The lowest BCUT2D eigenvalue weighted by molar-refractivity contribution is -0.143. The van der Waals surface area contributed by atoms with Gasteiger partial charge in [0.05, 0.1) is 5.92 Å². The number of nitrogens with one attached hydrogen (secondary N) is 2. The van der Waals surface area contributed by atoms with Crippen molar-refractivity contribution in [2.45, 2.75) is 37.6 Å². The highest BCUT2D eigenvalue weighted by atomic mass is 16.6. The van der Waals surface area contributed by atoms with Crippen LogP contribution >= 0.6 is 0 Å². The molecule has 1 fully saturated rings. The Balaban J connectivity index is 1.21. The van der Waals surface area contributed by atoms with Crippen LogP contribution in [0.1, 0.15) is 53.2 Å². The molecule has 0 radical (unpaired) electrons. The Labute approximate surface area is 200 Å². The number of anilines is 1. The van der Waals surface area contributed by atoms with E-state index in [-0.39, 0.29) is 30.1 Å². The molecular formula is C25H24N4O6. The standard InChI is InChI=1S/C25H24N4O6/c30-23(26-15-7-5-6-14(12-15)24(31)32)21-22(29-35-28-21)27-25(33)34-13-20-18-10-3-1-8-16(18)17-9-2-4-11-19(17)20/h1-4,8-11,14-15,20H,5-7,12-13H2,(H,26,30)(H,31,32)(H,27,29,33)/t14-,15+/m1/s1. The van der Waals surface area contributed by atoms with Crippen LogP contribution in [0.3, 0.4) is 0 Å². The van der Waals surface area contributed by atoms with Gasteiger partial charge < -0.3 is 15.2 Å². The molecule has 0 spiro atoms. The molecule has 1 heterocycles. The third-order valence-electron chi connectivity index (χ3n) is 6.63. The van der Waals surface area contributed by atoms with Gasteiger partial charge in [0.15, 0.2) is 0 Å². The third-order valence-corrected chi connectivity index (χ3v) is 6.63. The minimum absolute atomic E-state index is 0.103. The molecule has 0 bridgehead atoms. The largest absolute Gasteiger partial charge is 0.481 e. The van der Waals surface area contributed by atoms with E-state index in [1.165, 1.54) is 0 Å². The fourth-order valence-electron chi connectivity index (χ4n) is 4.95. The van der Waals surface area contributed by atoms with Gasteiger partial charge in [-0.05, 0) is 51.8 Å². The molecular weight excluding hydrogens is 452 g/mol. The highest BCUT2D eigenvalue weighted by molar-refractivity contribution is 5.99. The van der Waals surface area contributed by atoms with Crippen molar-refractivity contribution in [1.29, 1.82) is 0 Å². The Morgan fingerprint density at radius 3 is 2.37 bits per heavy atom. The number of hydrogen-bond donors (Lipinski definition) is 3. The molecule has 35 heavy (non-hydrogen) atoms. The van der Waals surface area contributed by atoms with E-state index >= 15 is 0 Å². The van der Waals surface area contributed by atoms with Gasteiger partial charge in [-0.3, -0.25) is 14.9 Å². The number of hydrogen-bond acceptors (Lipinski definition) is 7. The SMILES string of the molecule is O=C(Nc1nonc1C(=O)N[C@H]1CCC[C@@H](C(=O)O)C1)OCC1c2ccccc2-c2ccccc21. The van der Waals surface area contributed by atoms with Crippen molar-refractivity contribution >= 4 is 23.8 Å². The van der Waals surface area contributed by atoms with E-state index < -0.39 is 23.9 Å². The summed E-state index contributed by atoms with van der Waals surface area (Å²) in [5, 5.41) is 21.6. The Morgan fingerprint density at radius 1 is 1.00 bits per heavy atom. The van der Waals surface area contributed by atoms with Crippen LogP contribution in [0.15, 0.2) is 53.2 Å². The molecule has 180 valence electrons. The number of carbonyl (C=O) groups excluding carboxylic acids is 2. The fraction of sp³-hybridized carbons (Fsp3) is 0.320. The van der Waals surface area contributed by atoms with Gasteiger partial charge in [0.2, 0.25) is 11.5 Å². The zero-order valence-corrected chi connectivity index (χ0v) is 18.8. The number of carboxylic acid groups (broad SMARTS) is 1. The number of amides is 2. The topological polar surface area (TPSA) is 144 Å². The van der Waals surface area contributed by atoms with Gasteiger partial charge in [0, 0.05) is 12.0 Å². The molecule has 0 unspecified atom stereocenters. The summed E-state index contributed by atoms with van der Waals surface area (Å²) < 4.78 is 10.1. The zero-order valence-electron chi connectivity index (χ0n) is 18.8. The number of fused-ring (bicyclic) bond motifs is 3. The summed E-state index contributed by atoms with van der Waals surface area (Å²) in [4.78, 5) is 36.5. The summed E-state index contributed by atoms with van der Waals surface area (Å²) >= 11 is 0. The fourth-order valence-corrected chi connectivity index (χ4v) is 4.95. The number of benzene rings is 2. The minimum Gasteiger partial charge on any atom is -0.481 e. The number of aliphatic carboxylic acids is 1. The van der Waals surface area contributed by atoms with Crippen LogP contribution in [0.2, 0.25) is 0 Å². The average molecular weight is 476 g/mol. The van der Waals surface area contributed by atoms with Crippen LogP contribution in [0.25, 0.3) is 11.1 Å². The van der Waals surface area contributed by atoms with Crippen LogP contribution in [-0.2, 0) is 9.53 Å². The normalized spacial score (nSPS) is 18.9. The van der Waals surface area contributed by atoms with Crippen LogP contribution < -0.4 is 10.6 Å². The van der Waals surface area contributed by atoms with Gasteiger partial charge in [-0.25, -0.2) is 9.42 Å². The van der Waals surface area contributed by atoms with E-state index in [9.17, 15) is 19.5 Å². The molecule has 5 rings (SSSR count). The van der Waals surface area contributed by atoms with E-state index in [1.54, 1.807) is 0 Å². The first kappa shape index (κ1) is 22.6. The second kappa shape index (κ2) is 9.57. The van der Waals surface area contributed by atoms with Crippen molar-refractivity contribution in [3.63, 3.8) is 0 Å². The van der Waals surface area contributed by atoms with Gasteiger partial charge in [-0.1, -0.05) is 55.0 Å². The average Bonchev–Trinajstić information content (AvgIpc) is 3.45. The van der Waals surface area contributed by atoms with Crippen LogP contribution in [0.4, 0.5) is 10.6 Å². The molecule has 3 N–H and O–H groups in total. The van der Waals surface area contributed by atoms with Gasteiger partial charge in [-0.2, -0.15) is 0 Å². The molecule has 2 amide bonds. The van der Waals surface area contributed by atoms with Crippen molar-refractivity contribution in [1.82, 2.24) is 15.6 Å². The van der Waals surface area contributed by atoms with E-state index in [2.05, 4.69) is 25.6 Å². The number of rotatable bonds is 6. The molecule has 2 aliphatic carbocycles. The summed E-state index contributed by atoms with van der Waals surface area (Å²) in [7, 11) is 0. The van der Waals surface area contributed by atoms with Gasteiger partial charge >= 0.3 is 12.1 Å². The summed E-state index contributed by atoms with van der Waals surface area (Å²) in [5.41, 5.74) is 4.19. The van der Waals surface area contributed by atoms with Gasteiger partial charge in [0.1, 0.15) is 6.61 Å². The van der Waals surface area contributed by atoms with E-state index in [4.69, 9.17) is 4.74 Å². The van der Waals surface area contributed by atoms with Crippen molar-refractivity contribution in [3.05, 3.63) is 65.4 Å².